The van der Waals surface area contributed by atoms with Gasteiger partial charge in [0.25, 0.3) is 0 Å². The molecule has 0 N–H and O–H groups in total. The summed E-state index contributed by atoms with van der Waals surface area (Å²) in [5.41, 5.74) is 0.796. The van der Waals surface area contributed by atoms with Crippen molar-refractivity contribution < 1.29 is 0 Å². The molecule has 1 unspecified atom stereocenters. The van der Waals surface area contributed by atoms with Crippen LogP contribution in [0.15, 0.2) is 34.8 Å². The molecule has 0 amide bonds. The van der Waals surface area contributed by atoms with Crippen molar-refractivity contribution in [1.82, 2.24) is 0 Å². The van der Waals surface area contributed by atoms with E-state index in [0.29, 0.717) is 5.02 Å². The normalized spacial score (nSPS) is 12.3. The highest BCUT2D eigenvalue weighted by molar-refractivity contribution is 6.56. The van der Waals surface area contributed by atoms with Crippen molar-refractivity contribution >= 4 is 46.4 Å². The van der Waals surface area contributed by atoms with E-state index >= 15 is 0 Å². The Morgan fingerprint density at radius 2 is 1.85 bits per heavy atom. The van der Waals surface area contributed by atoms with Gasteiger partial charge in [0.2, 0.25) is 0 Å². The summed E-state index contributed by atoms with van der Waals surface area (Å²) in [5, 5.41) is 0.215. The van der Waals surface area contributed by atoms with E-state index in [2.05, 4.69) is 0 Å². The lowest BCUT2D eigenvalue weighted by atomic mass is 10.1. The largest absolute Gasteiger partial charge is 0.113 e. The van der Waals surface area contributed by atoms with Crippen molar-refractivity contribution in [2.45, 2.75) is 5.38 Å². The van der Waals surface area contributed by atoms with Crippen LogP contribution >= 0.6 is 46.4 Å². The van der Waals surface area contributed by atoms with Crippen LogP contribution < -0.4 is 0 Å². The van der Waals surface area contributed by atoms with E-state index in [-0.39, 0.29) is 4.49 Å². The van der Waals surface area contributed by atoms with Crippen molar-refractivity contribution in [2.75, 3.05) is 0 Å². The highest BCUT2D eigenvalue weighted by atomic mass is 35.5. The zero-order valence-corrected chi connectivity index (χ0v) is 9.50. The lowest BCUT2D eigenvalue weighted by molar-refractivity contribution is 1.21. The Hall–Kier alpha value is 0.120. The number of hydrogen-bond donors (Lipinski definition) is 0. The molecule has 0 aliphatic heterocycles. The van der Waals surface area contributed by atoms with Crippen LogP contribution in [0.25, 0.3) is 0 Å². The van der Waals surface area contributed by atoms with Gasteiger partial charge in [0, 0.05) is 5.02 Å². The molecule has 0 aliphatic carbocycles. The standard InChI is InChI=1S/C9H6Cl4/c10-7-4-2-1-3-6(7)8(11)5-9(12)13/h1-5,8H. The van der Waals surface area contributed by atoms with Gasteiger partial charge in [0.15, 0.2) is 0 Å². The minimum atomic E-state index is -0.390. The first-order valence-electron chi connectivity index (χ1n) is 3.52. The highest BCUT2D eigenvalue weighted by Crippen LogP contribution is 2.30. The molecule has 1 aromatic rings. The zero-order valence-electron chi connectivity index (χ0n) is 6.48. The van der Waals surface area contributed by atoms with Gasteiger partial charge in [-0.1, -0.05) is 53.0 Å². The quantitative estimate of drug-likeness (QED) is 0.657. The van der Waals surface area contributed by atoms with Gasteiger partial charge >= 0.3 is 0 Å². The SMILES string of the molecule is ClC(Cl)=CC(Cl)c1ccccc1Cl. The summed E-state index contributed by atoms with van der Waals surface area (Å²) in [6.45, 7) is 0. The number of benzene rings is 1. The van der Waals surface area contributed by atoms with Crippen LogP contribution in [0.3, 0.4) is 0 Å². The summed E-state index contributed by atoms with van der Waals surface area (Å²) >= 11 is 22.8. The predicted molar refractivity (Wildman–Crippen MR) is 59.8 cm³/mol. The Morgan fingerprint density at radius 1 is 1.23 bits per heavy atom. The molecular weight excluding hydrogens is 250 g/mol. The fraction of sp³-hybridized carbons (Fsp3) is 0.111. The molecule has 0 nitrogen and oxygen atoms in total. The van der Waals surface area contributed by atoms with E-state index in [1.165, 1.54) is 6.08 Å². The Morgan fingerprint density at radius 3 is 2.38 bits per heavy atom. The molecule has 0 saturated heterocycles. The van der Waals surface area contributed by atoms with Gasteiger partial charge in [-0.2, -0.15) is 0 Å². The number of rotatable bonds is 2. The van der Waals surface area contributed by atoms with Gasteiger partial charge in [0.05, 0.1) is 5.38 Å². The lowest BCUT2D eigenvalue weighted by Crippen LogP contribution is -1.86. The molecule has 4 heteroatoms. The van der Waals surface area contributed by atoms with E-state index in [4.69, 9.17) is 46.4 Å². The van der Waals surface area contributed by atoms with Crippen LogP contribution in [0.5, 0.6) is 0 Å². The fourth-order valence-electron chi connectivity index (χ4n) is 0.899. The molecule has 13 heavy (non-hydrogen) atoms. The van der Waals surface area contributed by atoms with Crippen LogP contribution in [0.2, 0.25) is 5.02 Å². The maximum atomic E-state index is 5.98. The third kappa shape index (κ3) is 3.40. The van der Waals surface area contributed by atoms with Crippen molar-refractivity contribution in [3.63, 3.8) is 0 Å². The molecular formula is C9H6Cl4. The van der Waals surface area contributed by atoms with E-state index in [1.54, 1.807) is 6.07 Å². The van der Waals surface area contributed by atoms with Gasteiger partial charge in [0.1, 0.15) is 4.49 Å². The first kappa shape index (κ1) is 11.2. The Bertz CT molecular complexity index is 315. The second kappa shape index (κ2) is 5.11. The van der Waals surface area contributed by atoms with Crippen LogP contribution in [0.4, 0.5) is 0 Å². The van der Waals surface area contributed by atoms with E-state index in [0.717, 1.165) is 5.56 Å². The van der Waals surface area contributed by atoms with Crippen LogP contribution in [-0.4, -0.2) is 0 Å². The molecule has 0 radical (unpaired) electrons. The molecule has 0 aromatic heterocycles. The smallest absolute Gasteiger partial charge is 0.104 e. The van der Waals surface area contributed by atoms with E-state index < -0.39 is 5.38 Å². The second-order valence-electron chi connectivity index (χ2n) is 2.38. The van der Waals surface area contributed by atoms with Gasteiger partial charge in [-0.3, -0.25) is 0 Å². The molecule has 0 spiro atoms. The first-order valence-corrected chi connectivity index (χ1v) is 5.09. The third-order valence-electron chi connectivity index (χ3n) is 1.47. The molecule has 0 saturated carbocycles. The average molecular weight is 256 g/mol. The lowest BCUT2D eigenvalue weighted by Gasteiger charge is -2.06. The molecule has 0 aliphatic rings. The molecule has 1 atom stereocenters. The number of halogens is 4. The minimum Gasteiger partial charge on any atom is -0.113 e. The van der Waals surface area contributed by atoms with Gasteiger partial charge in [-0.15, -0.1) is 11.6 Å². The van der Waals surface area contributed by atoms with Gasteiger partial charge < -0.3 is 0 Å². The first-order chi connectivity index (χ1) is 6.11. The number of allylic oxidation sites excluding steroid dienone is 1. The molecule has 1 aromatic carbocycles. The number of hydrogen-bond acceptors (Lipinski definition) is 0. The van der Waals surface area contributed by atoms with Gasteiger partial charge in [-0.25, -0.2) is 0 Å². The maximum Gasteiger partial charge on any atom is 0.104 e. The molecule has 0 bridgehead atoms. The molecule has 70 valence electrons. The Labute approximate surface area is 97.0 Å². The van der Waals surface area contributed by atoms with E-state index in [9.17, 15) is 0 Å². The van der Waals surface area contributed by atoms with Crippen LogP contribution in [-0.2, 0) is 0 Å². The summed E-state index contributed by atoms with van der Waals surface area (Å²) in [6.07, 6.45) is 1.52. The molecule has 0 heterocycles. The average Bonchev–Trinajstić information content (AvgIpc) is 2.03. The zero-order chi connectivity index (χ0) is 9.84. The summed E-state index contributed by atoms with van der Waals surface area (Å²) in [7, 11) is 0. The maximum absolute atomic E-state index is 5.98. The monoisotopic (exact) mass is 254 g/mol. The van der Waals surface area contributed by atoms with Crippen molar-refractivity contribution in [3.8, 4) is 0 Å². The van der Waals surface area contributed by atoms with Crippen molar-refractivity contribution in [3.05, 3.63) is 45.4 Å². The van der Waals surface area contributed by atoms with Crippen molar-refractivity contribution in [1.29, 1.82) is 0 Å². The summed E-state index contributed by atoms with van der Waals surface area (Å²) in [6, 6.07) is 7.28. The fourth-order valence-corrected chi connectivity index (χ4v) is 1.91. The number of alkyl halides is 1. The second-order valence-corrected chi connectivity index (χ2v) is 4.26. The Balaban J connectivity index is 2.95. The van der Waals surface area contributed by atoms with Gasteiger partial charge in [-0.05, 0) is 17.7 Å². The predicted octanol–water partition coefficient (Wildman–Crippen LogP) is 4.94. The molecule has 1 rings (SSSR count). The van der Waals surface area contributed by atoms with Crippen LogP contribution in [0.1, 0.15) is 10.9 Å². The summed E-state index contributed by atoms with van der Waals surface area (Å²) < 4.78 is 0.139. The van der Waals surface area contributed by atoms with Crippen LogP contribution in [0, 0.1) is 0 Å². The molecule has 0 fully saturated rings. The van der Waals surface area contributed by atoms with Crippen molar-refractivity contribution in [2.24, 2.45) is 0 Å². The summed E-state index contributed by atoms with van der Waals surface area (Å²) in [5.74, 6) is 0. The third-order valence-corrected chi connectivity index (χ3v) is 2.43. The highest BCUT2D eigenvalue weighted by Gasteiger charge is 2.08. The topological polar surface area (TPSA) is 0 Å². The Kier molecular flexibility index (Phi) is 4.40. The van der Waals surface area contributed by atoms with E-state index in [1.807, 2.05) is 18.2 Å². The minimum absolute atomic E-state index is 0.139. The summed E-state index contributed by atoms with van der Waals surface area (Å²) in [4.78, 5) is 0.